The van der Waals surface area contributed by atoms with Crippen molar-refractivity contribution in [3.63, 3.8) is 0 Å². The molecule has 4 amide bonds. The molecule has 1 fully saturated rings. The second-order valence-electron chi connectivity index (χ2n) is 9.24. The normalized spacial score (nSPS) is 29.6. The van der Waals surface area contributed by atoms with Crippen LogP contribution < -0.4 is 21.3 Å². The lowest BCUT2D eigenvalue weighted by molar-refractivity contribution is -0.153. The van der Waals surface area contributed by atoms with Gasteiger partial charge < -0.3 is 26.0 Å². The highest BCUT2D eigenvalue weighted by Gasteiger charge is 2.33. The van der Waals surface area contributed by atoms with E-state index in [4.69, 9.17) is 4.74 Å². The average Bonchev–Trinajstić information content (AvgIpc) is 2.81. The number of allylic oxidation sites excluding steroid dienone is 2. The van der Waals surface area contributed by atoms with Crippen molar-refractivity contribution in [2.45, 2.75) is 71.7 Å². The summed E-state index contributed by atoms with van der Waals surface area (Å²) in [4.78, 5) is 65.2. The van der Waals surface area contributed by atoms with Crippen LogP contribution in [0.1, 0.15) is 47.5 Å². The number of ether oxygens (including phenoxy) is 1. The molecule has 2 rings (SSSR count). The highest BCUT2D eigenvalue weighted by atomic mass is 33.1. The van der Waals surface area contributed by atoms with E-state index < -0.39 is 53.8 Å². The first-order chi connectivity index (χ1) is 17.0. The highest BCUT2D eigenvalue weighted by Crippen LogP contribution is 2.24. The van der Waals surface area contributed by atoms with E-state index in [1.165, 1.54) is 27.7 Å². The zero-order valence-electron chi connectivity index (χ0n) is 21.3. The maximum absolute atomic E-state index is 13.2. The first-order valence-corrected chi connectivity index (χ1v) is 14.5. The summed E-state index contributed by atoms with van der Waals surface area (Å²) in [6.07, 6.45) is 4.51. The molecule has 36 heavy (non-hydrogen) atoms. The van der Waals surface area contributed by atoms with Crippen LogP contribution in [0.2, 0.25) is 0 Å². The van der Waals surface area contributed by atoms with Crippen LogP contribution in [0.4, 0.5) is 0 Å². The van der Waals surface area contributed by atoms with E-state index in [9.17, 15) is 24.0 Å². The summed E-state index contributed by atoms with van der Waals surface area (Å²) in [6.45, 7) is 8.66. The van der Waals surface area contributed by atoms with Gasteiger partial charge in [-0.25, -0.2) is 4.79 Å². The van der Waals surface area contributed by atoms with Crippen LogP contribution in [0, 0.1) is 11.8 Å². The highest BCUT2D eigenvalue weighted by molar-refractivity contribution is 8.76. The Morgan fingerprint density at radius 2 is 1.64 bits per heavy atom. The molecule has 0 aliphatic carbocycles. The van der Waals surface area contributed by atoms with E-state index in [1.807, 2.05) is 6.08 Å². The van der Waals surface area contributed by atoms with Crippen LogP contribution in [0.5, 0.6) is 0 Å². The van der Waals surface area contributed by atoms with Gasteiger partial charge in [0.2, 0.25) is 17.7 Å². The number of rotatable bonds is 2. The Labute approximate surface area is 220 Å². The number of hydrogen-bond donors (Lipinski definition) is 4. The molecule has 0 saturated carbocycles. The number of hydrogen-bond acceptors (Lipinski definition) is 8. The van der Waals surface area contributed by atoms with Gasteiger partial charge in [0.1, 0.15) is 29.9 Å². The summed E-state index contributed by atoms with van der Waals surface area (Å²) in [5.74, 6) is -2.54. The average molecular weight is 541 g/mol. The van der Waals surface area contributed by atoms with E-state index >= 15 is 0 Å². The summed E-state index contributed by atoms with van der Waals surface area (Å²) < 4.78 is 5.65. The second kappa shape index (κ2) is 14.3. The SMILES string of the molecule is C/C=C1\NC(=O)C2CSSCC/C=C/[C@H](CC(=O)N[C@H](C(C)C)C(=O)N2)OC(=O)C(C(C)C)NC1=O. The molecule has 12 heteroatoms. The fourth-order valence-electron chi connectivity index (χ4n) is 3.50. The molecule has 200 valence electrons. The largest absolute Gasteiger partial charge is 0.456 e. The van der Waals surface area contributed by atoms with Crippen molar-refractivity contribution >= 4 is 51.2 Å². The second-order valence-corrected chi connectivity index (χ2v) is 11.9. The summed E-state index contributed by atoms with van der Waals surface area (Å²) in [7, 11) is 2.95. The molecule has 4 atom stereocenters. The molecule has 0 aromatic heterocycles. The van der Waals surface area contributed by atoms with Crippen molar-refractivity contribution < 1.29 is 28.7 Å². The van der Waals surface area contributed by atoms with E-state index in [-0.39, 0.29) is 29.7 Å². The van der Waals surface area contributed by atoms with Gasteiger partial charge in [-0.05, 0) is 31.3 Å². The fraction of sp³-hybridized carbons (Fsp3) is 0.625. The Morgan fingerprint density at radius 3 is 2.28 bits per heavy atom. The third kappa shape index (κ3) is 8.88. The van der Waals surface area contributed by atoms with Crippen molar-refractivity contribution in [2.24, 2.45) is 11.8 Å². The van der Waals surface area contributed by atoms with Crippen molar-refractivity contribution in [1.29, 1.82) is 0 Å². The minimum atomic E-state index is -1.00. The molecule has 0 spiro atoms. The van der Waals surface area contributed by atoms with Gasteiger partial charge in [0, 0.05) is 11.5 Å². The summed E-state index contributed by atoms with van der Waals surface area (Å²) >= 11 is 0. The minimum Gasteiger partial charge on any atom is -0.456 e. The summed E-state index contributed by atoms with van der Waals surface area (Å²) in [6, 6.07) is -2.86. The topological polar surface area (TPSA) is 143 Å². The number of carbonyl (C=O) groups is 5. The Balaban J connectivity index is 2.55. The third-order valence-electron chi connectivity index (χ3n) is 5.59. The monoisotopic (exact) mass is 540 g/mol. The lowest BCUT2D eigenvalue weighted by atomic mass is 10.0. The summed E-state index contributed by atoms with van der Waals surface area (Å²) in [5, 5.41) is 10.7. The van der Waals surface area contributed by atoms with E-state index in [1.54, 1.807) is 40.7 Å². The van der Waals surface area contributed by atoms with Crippen LogP contribution in [-0.4, -0.2) is 65.3 Å². The Hall–Kier alpha value is -2.47. The van der Waals surface area contributed by atoms with Crippen molar-refractivity contribution in [2.75, 3.05) is 11.5 Å². The lowest BCUT2D eigenvalue weighted by Crippen LogP contribution is -2.57. The van der Waals surface area contributed by atoms with Crippen molar-refractivity contribution in [3.05, 3.63) is 23.9 Å². The van der Waals surface area contributed by atoms with Crippen LogP contribution in [0.25, 0.3) is 0 Å². The van der Waals surface area contributed by atoms with Gasteiger partial charge in [0.25, 0.3) is 5.91 Å². The molecule has 1 saturated heterocycles. The van der Waals surface area contributed by atoms with Gasteiger partial charge in [-0.1, -0.05) is 61.4 Å². The Kier molecular flexibility index (Phi) is 11.8. The van der Waals surface area contributed by atoms with Crippen LogP contribution in [0.3, 0.4) is 0 Å². The maximum atomic E-state index is 13.2. The van der Waals surface area contributed by atoms with Crippen LogP contribution in [0.15, 0.2) is 23.9 Å². The van der Waals surface area contributed by atoms with Gasteiger partial charge in [-0.2, -0.15) is 0 Å². The molecular formula is C24H36N4O6S2. The molecule has 0 aromatic carbocycles. The Morgan fingerprint density at radius 1 is 0.944 bits per heavy atom. The molecule has 2 bridgehead atoms. The fourth-order valence-corrected chi connectivity index (χ4v) is 5.66. The van der Waals surface area contributed by atoms with Crippen LogP contribution >= 0.6 is 21.6 Å². The number of esters is 1. The smallest absolute Gasteiger partial charge is 0.329 e. The zero-order valence-corrected chi connectivity index (χ0v) is 22.9. The molecular weight excluding hydrogens is 504 g/mol. The molecule has 4 N–H and O–H groups in total. The Bertz CT molecular complexity index is 905. The van der Waals surface area contributed by atoms with E-state index in [0.717, 1.165) is 0 Å². The standard InChI is InChI=1S/C24H36N4O6S2/c1-6-16-21(30)28-20(14(4)5)24(33)34-15-9-7-8-10-35-36-12-17(22(31)25-16)26-23(32)19(13(2)3)27-18(29)11-15/h6-7,9,13-15,17,19-20H,8,10-12H2,1-5H3,(H,25,31)(H,26,32)(H,27,29)(H,28,30)/b9-7+,16-6-/t15-,17?,19-,20?/m1/s1. The van der Waals surface area contributed by atoms with E-state index in [2.05, 4.69) is 21.3 Å². The number of amides is 4. The third-order valence-corrected chi connectivity index (χ3v) is 8.03. The molecule has 10 nitrogen and oxygen atoms in total. The number of nitrogens with one attached hydrogen (secondary N) is 4. The van der Waals surface area contributed by atoms with Gasteiger partial charge >= 0.3 is 5.97 Å². The molecule has 2 aliphatic rings. The first kappa shape index (κ1) is 29.8. The maximum Gasteiger partial charge on any atom is 0.329 e. The molecule has 0 aromatic rings. The lowest BCUT2D eigenvalue weighted by Gasteiger charge is -2.27. The van der Waals surface area contributed by atoms with Gasteiger partial charge in [0.15, 0.2) is 0 Å². The number of carbonyl (C=O) groups excluding carboxylic acids is 5. The molecule has 2 heterocycles. The predicted octanol–water partition coefficient (Wildman–Crippen LogP) is 1.43. The van der Waals surface area contributed by atoms with E-state index in [0.29, 0.717) is 12.2 Å². The van der Waals surface area contributed by atoms with Gasteiger partial charge in [-0.3, -0.25) is 19.2 Å². The van der Waals surface area contributed by atoms with Gasteiger partial charge in [-0.15, -0.1) is 0 Å². The first-order valence-electron chi connectivity index (χ1n) is 12.0. The molecule has 2 unspecified atom stereocenters. The minimum absolute atomic E-state index is 0.0445. The molecule has 2 aliphatic heterocycles. The summed E-state index contributed by atoms with van der Waals surface area (Å²) in [5.41, 5.74) is -0.0445. The molecule has 0 radical (unpaired) electrons. The predicted molar refractivity (Wildman–Crippen MR) is 141 cm³/mol. The van der Waals surface area contributed by atoms with Gasteiger partial charge in [0.05, 0.1) is 6.42 Å². The quantitative estimate of drug-likeness (QED) is 0.178. The van der Waals surface area contributed by atoms with Crippen molar-refractivity contribution in [1.82, 2.24) is 21.3 Å². The number of fused-ring (bicyclic) bond motifs is 7. The van der Waals surface area contributed by atoms with Crippen molar-refractivity contribution in [3.8, 4) is 0 Å². The zero-order chi connectivity index (χ0) is 26.8. The van der Waals surface area contributed by atoms with Crippen LogP contribution in [-0.2, 0) is 28.7 Å².